The van der Waals surface area contributed by atoms with Crippen molar-refractivity contribution in [2.75, 3.05) is 20.2 Å². The zero-order chi connectivity index (χ0) is 13.7. The number of hydrogen-bond donors (Lipinski definition) is 1. The number of carbonyl (C=O) groups excluding carboxylic acids is 1. The Kier molecular flexibility index (Phi) is 5.45. The van der Waals surface area contributed by atoms with Crippen LogP contribution in [0.25, 0.3) is 0 Å². The van der Waals surface area contributed by atoms with Gasteiger partial charge in [-0.2, -0.15) is 0 Å². The quantitative estimate of drug-likeness (QED) is 0.650. The van der Waals surface area contributed by atoms with Crippen LogP contribution in [0, 0.1) is 5.92 Å². The lowest BCUT2D eigenvalue weighted by Gasteiger charge is -2.26. The monoisotopic (exact) mass is 374 g/mol. The van der Waals surface area contributed by atoms with Gasteiger partial charge in [0.05, 0.1) is 7.11 Å². The molecule has 0 saturated carbocycles. The van der Waals surface area contributed by atoms with E-state index in [-0.39, 0.29) is 11.8 Å². The summed E-state index contributed by atoms with van der Waals surface area (Å²) in [6.07, 6.45) is 1.89. The lowest BCUT2D eigenvalue weighted by Crippen LogP contribution is -2.37. The second kappa shape index (κ2) is 7.09. The van der Waals surface area contributed by atoms with Gasteiger partial charge in [0, 0.05) is 54.0 Å². The number of para-hydroxylation sites is 1. The smallest absolute Gasteiger partial charge is 0.223 e. The second-order valence-corrected chi connectivity index (χ2v) is 6.08. The van der Waals surface area contributed by atoms with E-state index in [0.717, 1.165) is 37.2 Å². The maximum Gasteiger partial charge on any atom is 0.223 e. The number of methoxy groups -OCH3 is 1. The van der Waals surface area contributed by atoms with Crippen molar-refractivity contribution in [1.29, 1.82) is 0 Å². The van der Waals surface area contributed by atoms with Gasteiger partial charge < -0.3 is 10.1 Å². The highest BCUT2D eigenvalue weighted by atomic mass is 127. The summed E-state index contributed by atoms with van der Waals surface area (Å²) in [4.78, 5) is 12.1. The van der Waals surface area contributed by atoms with Gasteiger partial charge in [-0.25, -0.2) is 3.11 Å². The van der Waals surface area contributed by atoms with Crippen molar-refractivity contribution in [3.05, 3.63) is 29.8 Å². The summed E-state index contributed by atoms with van der Waals surface area (Å²) >= 11 is 2.32. The second-order valence-electron chi connectivity index (χ2n) is 4.71. The molecule has 19 heavy (non-hydrogen) atoms. The van der Waals surface area contributed by atoms with Gasteiger partial charge in [-0.05, 0) is 18.9 Å². The molecule has 1 aliphatic rings. The molecule has 0 unspecified atom stereocenters. The fourth-order valence-corrected chi connectivity index (χ4v) is 2.84. The van der Waals surface area contributed by atoms with Gasteiger partial charge in [-0.15, -0.1) is 0 Å². The molecule has 1 aliphatic heterocycles. The van der Waals surface area contributed by atoms with E-state index in [9.17, 15) is 4.79 Å². The summed E-state index contributed by atoms with van der Waals surface area (Å²) in [6.45, 7) is 2.52. The Hall–Kier alpha value is -0.820. The molecule has 1 heterocycles. The summed E-state index contributed by atoms with van der Waals surface area (Å²) < 4.78 is 7.52. The number of rotatable bonds is 4. The van der Waals surface area contributed by atoms with E-state index in [1.165, 1.54) is 0 Å². The third-order valence-corrected chi connectivity index (χ3v) is 4.42. The first-order chi connectivity index (χ1) is 9.20. The number of benzene rings is 1. The van der Waals surface area contributed by atoms with Crippen LogP contribution in [0.3, 0.4) is 0 Å². The van der Waals surface area contributed by atoms with Crippen molar-refractivity contribution in [1.82, 2.24) is 8.43 Å². The molecule has 4 nitrogen and oxygen atoms in total. The van der Waals surface area contributed by atoms with Crippen molar-refractivity contribution in [2.45, 2.75) is 19.4 Å². The SMILES string of the molecule is COc1ccccc1CNC(=O)C1CCN(I)CC1. The van der Waals surface area contributed by atoms with Gasteiger partial charge in [0.25, 0.3) is 0 Å². The van der Waals surface area contributed by atoms with Crippen LogP contribution in [0.1, 0.15) is 18.4 Å². The molecule has 0 bridgehead atoms. The van der Waals surface area contributed by atoms with Crippen LogP contribution in [-0.4, -0.2) is 29.2 Å². The van der Waals surface area contributed by atoms with Gasteiger partial charge in [0.2, 0.25) is 5.91 Å². The Labute approximate surface area is 128 Å². The van der Waals surface area contributed by atoms with Crippen molar-refractivity contribution in [3.63, 3.8) is 0 Å². The fraction of sp³-hybridized carbons (Fsp3) is 0.500. The minimum absolute atomic E-state index is 0.153. The average Bonchev–Trinajstić information content (AvgIpc) is 2.45. The van der Waals surface area contributed by atoms with E-state index in [1.807, 2.05) is 24.3 Å². The normalized spacial score (nSPS) is 17.2. The first-order valence-corrected chi connectivity index (χ1v) is 7.47. The number of hydrogen-bond acceptors (Lipinski definition) is 3. The molecule has 1 aromatic rings. The Morgan fingerprint density at radius 3 is 2.79 bits per heavy atom. The van der Waals surface area contributed by atoms with E-state index in [2.05, 4.69) is 31.3 Å². The summed E-state index contributed by atoms with van der Waals surface area (Å²) in [6, 6.07) is 7.78. The third kappa shape index (κ3) is 4.07. The number of halogens is 1. The lowest BCUT2D eigenvalue weighted by molar-refractivity contribution is -0.126. The number of nitrogens with zero attached hydrogens (tertiary/aromatic N) is 1. The molecule has 0 radical (unpaired) electrons. The van der Waals surface area contributed by atoms with Crippen molar-refractivity contribution in [3.8, 4) is 5.75 Å². The van der Waals surface area contributed by atoms with Crippen LogP contribution in [0.4, 0.5) is 0 Å². The fourth-order valence-electron chi connectivity index (χ4n) is 2.29. The molecule has 1 amide bonds. The number of carbonyl (C=O) groups is 1. The molecular formula is C14H19IN2O2. The first kappa shape index (κ1) is 14.6. The molecule has 0 atom stereocenters. The third-order valence-electron chi connectivity index (χ3n) is 3.46. The average molecular weight is 374 g/mol. The van der Waals surface area contributed by atoms with Crippen molar-refractivity contribution in [2.24, 2.45) is 5.92 Å². The topological polar surface area (TPSA) is 41.6 Å². The van der Waals surface area contributed by atoms with Crippen LogP contribution in [-0.2, 0) is 11.3 Å². The molecule has 0 aromatic heterocycles. The molecule has 1 N–H and O–H groups in total. The molecule has 1 saturated heterocycles. The Bertz CT molecular complexity index is 431. The summed E-state index contributed by atoms with van der Waals surface area (Å²) in [7, 11) is 1.65. The van der Waals surface area contributed by atoms with Crippen LogP contribution >= 0.6 is 22.9 Å². The predicted octanol–water partition coefficient (Wildman–Crippen LogP) is 2.37. The summed E-state index contributed by atoms with van der Waals surface area (Å²) in [5, 5.41) is 3.02. The molecule has 0 aliphatic carbocycles. The van der Waals surface area contributed by atoms with E-state index in [0.29, 0.717) is 6.54 Å². The van der Waals surface area contributed by atoms with Gasteiger partial charge >= 0.3 is 0 Å². The van der Waals surface area contributed by atoms with Gasteiger partial charge in [0.15, 0.2) is 0 Å². The van der Waals surface area contributed by atoms with Crippen LogP contribution < -0.4 is 10.1 Å². The molecule has 1 fully saturated rings. The molecule has 104 valence electrons. The highest BCUT2D eigenvalue weighted by molar-refractivity contribution is 14.1. The number of piperidine rings is 1. The number of nitrogens with one attached hydrogen (secondary N) is 1. The van der Waals surface area contributed by atoms with Crippen molar-refractivity contribution >= 4 is 28.8 Å². The Morgan fingerprint density at radius 2 is 2.11 bits per heavy atom. The molecular weight excluding hydrogens is 355 g/mol. The molecule has 5 heteroatoms. The molecule has 2 rings (SSSR count). The van der Waals surface area contributed by atoms with E-state index in [4.69, 9.17) is 4.74 Å². The minimum atomic E-state index is 0.153. The largest absolute Gasteiger partial charge is 0.496 e. The maximum absolute atomic E-state index is 12.1. The Balaban J connectivity index is 1.86. The minimum Gasteiger partial charge on any atom is -0.496 e. The van der Waals surface area contributed by atoms with Crippen molar-refractivity contribution < 1.29 is 9.53 Å². The Morgan fingerprint density at radius 1 is 1.42 bits per heavy atom. The van der Waals surface area contributed by atoms with E-state index < -0.39 is 0 Å². The van der Waals surface area contributed by atoms with Crippen LogP contribution in [0.2, 0.25) is 0 Å². The first-order valence-electron chi connectivity index (χ1n) is 6.51. The highest BCUT2D eigenvalue weighted by Crippen LogP contribution is 2.21. The standard InChI is InChI=1S/C14H19IN2O2/c1-19-13-5-3-2-4-12(13)10-16-14(18)11-6-8-17(15)9-7-11/h2-5,11H,6-10H2,1H3,(H,16,18). The maximum atomic E-state index is 12.1. The van der Waals surface area contributed by atoms with E-state index >= 15 is 0 Å². The van der Waals surface area contributed by atoms with Gasteiger partial charge in [0.1, 0.15) is 5.75 Å². The summed E-state index contributed by atoms with van der Waals surface area (Å²) in [5.41, 5.74) is 1.02. The number of amides is 1. The van der Waals surface area contributed by atoms with Crippen LogP contribution in [0.15, 0.2) is 24.3 Å². The van der Waals surface area contributed by atoms with Crippen LogP contribution in [0.5, 0.6) is 5.75 Å². The number of ether oxygens (including phenoxy) is 1. The lowest BCUT2D eigenvalue weighted by atomic mass is 9.97. The molecule has 0 spiro atoms. The van der Waals surface area contributed by atoms with Gasteiger partial charge in [-0.3, -0.25) is 4.79 Å². The molecule has 1 aromatic carbocycles. The zero-order valence-electron chi connectivity index (χ0n) is 11.1. The zero-order valence-corrected chi connectivity index (χ0v) is 13.2. The predicted molar refractivity (Wildman–Crippen MR) is 83.2 cm³/mol. The van der Waals surface area contributed by atoms with Gasteiger partial charge in [-0.1, -0.05) is 18.2 Å². The van der Waals surface area contributed by atoms with E-state index in [1.54, 1.807) is 7.11 Å². The summed E-state index contributed by atoms with van der Waals surface area (Å²) in [5.74, 6) is 1.14. The highest BCUT2D eigenvalue weighted by Gasteiger charge is 2.23.